The van der Waals surface area contributed by atoms with E-state index in [1.165, 1.54) is 14.2 Å². The summed E-state index contributed by atoms with van der Waals surface area (Å²) < 4.78 is 24.4. The number of aldehydes is 1. The summed E-state index contributed by atoms with van der Waals surface area (Å²) in [4.78, 5) is 41.0. The fraction of sp³-hybridized carbons (Fsp3) is 0.821. The molecule has 4 rings (SSSR count). The van der Waals surface area contributed by atoms with Crippen LogP contribution in [0.2, 0.25) is 39.3 Å². The summed E-state index contributed by atoms with van der Waals surface area (Å²) in [5, 5.41) is 0. The maximum Gasteiger partial charge on any atom is 0.314 e. The van der Waals surface area contributed by atoms with Crippen LogP contribution in [0, 0.1) is 34.0 Å². The smallest absolute Gasteiger partial charge is 0.314 e. The minimum Gasteiger partial charge on any atom is -0.469 e. The summed E-state index contributed by atoms with van der Waals surface area (Å²) in [6.07, 6.45) is 4.56. The van der Waals surface area contributed by atoms with E-state index in [1.807, 2.05) is 6.92 Å². The highest BCUT2D eigenvalue weighted by Gasteiger charge is 2.80. The second-order valence-corrected chi connectivity index (χ2v) is 23.1. The van der Waals surface area contributed by atoms with Crippen LogP contribution in [0.1, 0.15) is 45.4 Å². The van der Waals surface area contributed by atoms with Gasteiger partial charge in [-0.05, 0) is 102 Å². The first-order valence-electron chi connectivity index (χ1n) is 13.7. The van der Waals surface area contributed by atoms with Crippen molar-refractivity contribution >= 4 is 34.9 Å². The van der Waals surface area contributed by atoms with Gasteiger partial charge in [0.15, 0.2) is 16.6 Å². The minimum atomic E-state index is -2.08. The first-order chi connectivity index (χ1) is 17.0. The molecule has 4 aliphatic rings. The van der Waals surface area contributed by atoms with Crippen LogP contribution in [0.3, 0.4) is 0 Å². The van der Waals surface area contributed by atoms with Crippen molar-refractivity contribution in [2.75, 3.05) is 14.2 Å². The zero-order valence-corrected chi connectivity index (χ0v) is 26.2. The molecule has 0 amide bonds. The Hall–Kier alpha value is -1.30. The van der Waals surface area contributed by atoms with Crippen LogP contribution in [0.5, 0.6) is 0 Å². The van der Waals surface area contributed by atoms with Gasteiger partial charge in [0, 0.05) is 11.3 Å². The Labute approximate surface area is 224 Å². The third-order valence-corrected chi connectivity index (χ3v) is 12.0. The van der Waals surface area contributed by atoms with E-state index in [0.29, 0.717) is 25.7 Å². The number of hydrogen-bond acceptors (Lipinski definition) is 7. The molecular weight excluding hydrogens is 504 g/mol. The van der Waals surface area contributed by atoms with Crippen molar-refractivity contribution in [2.24, 2.45) is 34.0 Å². The molecule has 0 aromatic carbocycles. The number of carbonyl (C=O) groups excluding carboxylic acids is 3. The van der Waals surface area contributed by atoms with E-state index in [4.69, 9.17) is 18.3 Å². The standard InChI is InChI=1S/C28H46O7Si2/c1-18-15-27-16-28(18,35-37(8,9)10)14-11-19(27)26(17-29)13-12-20(34-36(5,6)7)25(2,24(31)33-4)22(26)21(27)23(30)32-3/h17,19-22H,1,11-16H2,2-10H3/t19?,20-,21?,22?,25?,26+,27-,28-/m0/s1. The summed E-state index contributed by atoms with van der Waals surface area (Å²) in [5.41, 5.74) is -2.07. The topological polar surface area (TPSA) is 88.1 Å². The van der Waals surface area contributed by atoms with Crippen LogP contribution in [-0.4, -0.2) is 60.8 Å². The highest BCUT2D eigenvalue weighted by atomic mass is 28.4. The van der Waals surface area contributed by atoms with Gasteiger partial charge in [-0.2, -0.15) is 0 Å². The molecule has 2 bridgehead atoms. The normalized spacial score (nSPS) is 43.1. The molecule has 0 N–H and O–H groups in total. The van der Waals surface area contributed by atoms with Crippen molar-refractivity contribution in [2.45, 2.75) is 96.4 Å². The first-order valence-corrected chi connectivity index (χ1v) is 20.5. The molecule has 7 nitrogen and oxygen atoms in total. The van der Waals surface area contributed by atoms with Crippen molar-refractivity contribution in [3.8, 4) is 0 Å². The second kappa shape index (κ2) is 8.86. The summed E-state index contributed by atoms with van der Waals surface area (Å²) in [6.45, 7) is 19.2. The third kappa shape index (κ3) is 4.05. The van der Waals surface area contributed by atoms with E-state index in [-0.39, 0.29) is 11.9 Å². The van der Waals surface area contributed by atoms with Crippen molar-refractivity contribution in [1.82, 2.24) is 0 Å². The molecule has 8 atom stereocenters. The van der Waals surface area contributed by atoms with Gasteiger partial charge in [-0.3, -0.25) is 9.59 Å². The molecule has 4 aliphatic carbocycles. The Bertz CT molecular complexity index is 999. The van der Waals surface area contributed by atoms with Gasteiger partial charge < -0.3 is 23.1 Å². The van der Waals surface area contributed by atoms with Gasteiger partial charge in [0.2, 0.25) is 0 Å². The van der Waals surface area contributed by atoms with E-state index in [2.05, 4.69) is 45.9 Å². The molecule has 0 heterocycles. The molecule has 37 heavy (non-hydrogen) atoms. The molecule has 0 saturated heterocycles. The zero-order chi connectivity index (χ0) is 27.8. The number of carbonyl (C=O) groups is 3. The Morgan fingerprint density at radius 1 is 1.00 bits per heavy atom. The van der Waals surface area contributed by atoms with Gasteiger partial charge in [-0.1, -0.05) is 6.58 Å². The van der Waals surface area contributed by atoms with Gasteiger partial charge in [0.25, 0.3) is 0 Å². The molecule has 0 aromatic rings. The number of ether oxygens (including phenoxy) is 2. The quantitative estimate of drug-likeness (QED) is 0.188. The number of hydrogen-bond donors (Lipinski definition) is 0. The van der Waals surface area contributed by atoms with E-state index < -0.39 is 62.4 Å². The summed E-state index contributed by atoms with van der Waals surface area (Å²) in [5.74, 6) is -2.10. The molecule has 1 spiro atoms. The third-order valence-electron chi connectivity index (χ3n) is 9.96. The summed E-state index contributed by atoms with van der Waals surface area (Å²) in [6, 6.07) is 0. The number of fused-ring (bicyclic) bond motifs is 3. The maximum atomic E-state index is 13.9. The van der Waals surface area contributed by atoms with E-state index >= 15 is 0 Å². The molecule has 0 aromatic heterocycles. The zero-order valence-electron chi connectivity index (χ0n) is 24.2. The Balaban J connectivity index is 1.95. The Morgan fingerprint density at radius 2 is 1.65 bits per heavy atom. The van der Waals surface area contributed by atoms with Crippen molar-refractivity contribution in [1.29, 1.82) is 0 Å². The van der Waals surface area contributed by atoms with Gasteiger partial charge >= 0.3 is 11.9 Å². The second-order valence-electron chi connectivity index (χ2n) is 14.2. The van der Waals surface area contributed by atoms with E-state index in [0.717, 1.165) is 24.7 Å². The van der Waals surface area contributed by atoms with Crippen molar-refractivity contribution in [3.63, 3.8) is 0 Å². The number of methoxy groups -OCH3 is 2. The van der Waals surface area contributed by atoms with Gasteiger partial charge in [-0.25, -0.2) is 0 Å². The Morgan fingerprint density at radius 3 is 2.16 bits per heavy atom. The molecule has 208 valence electrons. The SMILES string of the molecule is C=C1C[C@]23C[C@@]1(O[Si](C)(C)C)CCC2[C@]1(C=O)CC[C@H](O[Si](C)(C)C)C(C)(C(=O)OC)C1C3C(=O)OC. The maximum absolute atomic E-state index is 13.9. The lowest BCUT2D eigenvalue weighted by molar-refractivity contribution is -0.184. The van der Waals surface area contributed by atoms with Gasteiger partial charge in [-0.15, -0.1) is 0 Å². The molecule has 0 radical (unpaired) electrons. The van der Waals surface area contributed by atoms with Gasteiger partial charge in [0.05, 0.1) is 37.3 Å². The van der Waals surface area contributed by atoms with Crippen LogP contribution in [-0.2, 0) is 32.7 Å². The molecule has 4 unspecified atom stereocenters. The van der Waals surface area contributed by atoms with Crippen LogP contribution >= 0.6 is 0 Å². The average Bonchev–Trinajstić information content (AvgIpc) is 3.16. The first kappa shape index (κ1) is 28.7. The lowest BCUT2D eigenvalue weighted by atomic mass is 9.52. The highest BCUT2D eigenvalue weighted by molar-refractivity contribution is 6.70. The lowest BCUT2D eigenvalue weighted by Crippen LogP contribution is -2.61. The molecule has 9 heteroatoms. The highest BCUT2D eigenvalue weighted by Crippen LogP contribution is 2.78. The lowest BCUT2D eigenvalue weighted by Gasteiger charge is -2.54. The van der Waals surface area contributed by atoms with E-state index in [1.54, 1.807) is 0 Å². The fourth-order valence-electron chi connectivity index (χ4n) is 9.21. The van der Waals surface area contributed by atoms with Crippen LogP contribution < -0.4 is 0 Å². The monoisotopic (exact) mass is 550 g/mol. The van der Waals surface area contributed by atoms with Crippen LogP contribution in [0.15, 0.2) is 12.2 Å². The molecule has 4 fully saturated rings. The van der Waals surface area contributed by atoms with Gasteiger partial charge in [0.1, 0.15) is 6.29 Å². The summed E-state index contributed by atoms with van der Waals surface area (Å²) in [7, 11) is -1.24. The molecule has 4 saturated carbocycles. The molecule has 0 aliphatic heterocycles. The number of esters is 2. The number of rotatable bonds is 7. The predicted octanol–water partition coefficient (Wildman–Crippen LogP) is 5.12. The van der Waals surface area contributed by atoms with E-state index in [9.17, 15) is 14.4 Å². The average molecular weight is 551 g/mol. The molecular formula is C28H46O7Si2. The van der Waals surface area contributed by atoms with Crippen molar-refractivity contribution in [3.05, 3.63) is 12.2 Å². The predicted molar refractivity (Wildman–Crippen MR) is 146 cm³/mol. The fourth-order valence-corrected chi connectivity index (χ4v) is 11.9. The minimum absolute atomic E-state index is 0.0685. The van der Waals surface area contributed by atoms with Crippen LogP contribution in [0.25, 0.3) is 0 Å². The van der Waals surface area contributed by atoms with Crippen LogP contribution in [0.4, 0.5) is 0 Å². The summed E-state index contributed by atoms with van der Waals surface area (Å²) >= 11 is 0. The largest absolute Gasteiger partial charge is 0.469 e. The van der Waals surface area contributed by atoms with Crippen molar-refractivity contribution < 1.29 is 32.7 Å². The Kier molecular flexibility index (Phi) is 6.87.